The summed E-state index contributed by atoms with van der Waals surface area (Å²) in [5, 5.41) is 14.3. The maximum Gasteiger partial charge on any atom is 0.220 e. The Morgan fingerprint density at radius 1 is 1.21 bits per heavy atom. The van der Waals surface area contributed by atoms with Crippen LogP contribution in [0.5, 0.6) is 5.75 Å². The third-order valence-corrected chi connectivity index (χ3v) is 4.57. The molecule has 1 aliphatic rings. The summed E-state index contributed by atoms with van der Waals surface area (Å²) in [7, 11) is 1.64. The average molecular weight is 385 g/mol. The Bertz CT molecular complexity index is 748. The van der Waals surface area contributed by atoms with Crippen LogP contribution in [0.25, 0.3) is 0 Å². The SMILES string of the molecule is COc1ccc(CCC(=O)NCCNc2cc(N3CCOCC3)cnn2)cc1. The highest BCUT2D eigenvalue weighted by atomic mass is 16.5. The standard InChI is InChI=1S/C20H27N5O3/c1-27-18-5-2-16(3-6-18)4-7-20(26)22-9-8-21-19-14-17(15-23-24-19)25-10-12-28-13-11-25/h2-3,5-6,14-15H,4,7-13H2,1H3,(H,21,24)(H,22,26). The van der Waals surface area contributed by atoms with Crippen LogP contribution in [0.3, 0.4) is 0 Å². The zero-order valence-electron chi connectivity index (χ0n) is 16.2. The number of rotatable bonds is 9. The highest BCUT2D eigenvalue weighted by molar-refractivity contribution is 5.76. The maximum absolute atomic E-state index is 12.0. The molecule has 28 heavy (non-hydrogen) atoms. The number of ether oxygens (including phenoxy) is 2. The molecule has 0 bridgehead atoms. The van der Waals surface area contributed by atoms with Gasteiger partial charge in [-0.3, -0.25) is 4.79 Å². The highest BCUT2D eigenvalue weighted by Crippen LogP contribution is 2.17. The number of hydrogen-bond acceptors (Lipinski definition) is 7. The van der Waals surface area contributed by atoms with Crippen LogP contribution in [-0.2, 0) is 16.0 Å². The maximum atomic E-state index is 12.0. The summed E-state index contributed by atoms with van der Waals surface area (Å²) in [6.07, 6.45) is 2.92. The van der Waals surface area contributed by atoms with Gasteiger partial charge in [-0.15, -0.1) is 5.10 Å². The van der Waals surface area contributed by atoms with Crippen molar-refractivity contribution in [3.05, 3.63) is 42.1 Å². The van der Waals surface area contributed by atoms with Crippen LogP contribution in [-0.4, -0.2) is 62.6 Å². The fourth-order valence-corrected chi connectivity index (χ4v) is 2.97. The average Bonchev–Trinajstić information content (AvgIpc) is 2.76. The van der Waals surface area contributed by atoms with Crippen LogP contribution in [0, 0.1) is 0 Å². The van der Waals surface area contributed by atoms with Crippen molar-refractivity contribution in [2.24, 2.45) is 0 Å². The molecule has 0 atom stereocenters. The molecule has 1 aromatic heterocycles. The molecule has 150 valence electrons. The first-order chi connectivity index (χ1) is 13.7. The van der Waals surface area contributed by atoms with Gasteiger partial charge in [0.15, 0.2) is 5.82 Å². The van der Waals surface area contributed by atoms with Crippen molar-refractivity contribution in [3.63, 3.8) is 0 Å². The van der Waals surface area contributed by atoms with Gasteiger partial charge in [-0.05, 0) is 24.1 Å². The van der Waals surface area contributed by atoms with Gasteiger partial charge < -0.3 is 25.0 Å². The van der Waals surface area contributed by atoms with Gasteiger partial charge >= 0.3 is 0 Å². The molecular formula is C20H27N5O3. The summed E-state index contributed by atoms with van der Waals surface area (Å²) >= 11 is 0. The normalized spacial score (nSPS) is 13.8. The second-order valence-electron chi connectivity index (χ2n) is 6.52. The number of aryl methyl sites for hydroxylation is 1. The molecule has 8 nitrogen and oxygen atoms in total. The third kappa shape index (κ3) is 6.09. The summed E-state index contributed by atoms with van der Waals surface area (Å²) in [6.45, 7) is 4.30. The minimum absolute atomic E-state index is 0.0331. The Morgan fingerprint density at radius 3 is 2.75 bits per heavy atom. The molecule has 0 radical (unpaired) electrons. The first-order valence-corrected chi connectivity index (χ1v) is 9.53. The Labute approximate surface area is 165 Å². The predicted molar refractivity (Wildman–Crippen MR) is 108 cm³/mol. The number of nitrogens with zero attached hydrogens (tertiary/aromatic N) is 3. The summed E-state index contributed by atoms with van der Waals surface area (Å²) < 4.78 is 10.5. The molecule has 1 aliphatic heterocycles. The highest BCUT2D eigenvalue weighted by Gasteiger charge is 2.12. The second kappa shape index (κ2) is 10.5. The number of carbonyl (C=O) groups excluding carboxylic acids is 1. The molecule has 8 heteroatoms. The van der Waals surface area contributed by atoms with Crippen molar-refractivity contribution >= 4 is 17.4 Å². The van der Waals surface area contributed by atoms with Crippen LogP contribution in [0.4, 0.5) is 11.5 Å². The van der Waals surface area contributed by atoms with E-state index in [4.69, 9.17) is 9.47 Å². The van der Waals surface area contributed by atoms with E-state index < -0.39 is 0 Å². The monoisotopic (exact) mass is 385 g/mol. The number of anilines is 2. The predicted octanol–water partition coefficient (Wildman–Crippen LogP) is 1.48. The van der Waals surface area contributed by atoms with E-state index in [1.807, 2.05) is 30.3 Å². The van der Waals surface area contributed by atoms with Gasteiger partial charge in [0, 0.05) is 38.7 Å². The zero-order chi connectivity index (χ0) is 19.6. The fraction of sp³-hybridized carbons (Fsp3) is 0.450. The molecule has 0 saturated carbocycles. The molecule has 1 amide bonds. The van der Waals surface area contributed by atoms with Crippen molar-refractivity contribution in [1.82, 2.24) is 15.5 Å². The van der Waals surface area contributed by atoms with E-state index in [2.05, 4.69) is 25.7 Å². The molecule has 0 spiro atoms. The summed E-state index contributed by atoms with van der Waals surface area (Å²) in [5.74, 6) is 1.56. The van der Waals surface area contributed by atoms with Crippen LogP contribution in [0.15, 0.2) is 36.5 Å². The van der Waals surface area contributed by atoms with Gasteiger partial charge in [0.25, 0.3) is 0 Å². The lowest BCUT2D eigenvalue weighted by Gasteiger charge is -2.28. The number of morpholine rings is 1. The first-order valence-electron chi connectivity index (χ1n) is 9.53. The lowest BCUT2D eigenvalue weighted by Crippen LogP contribution is -2.36. The molecule has 3 rings (SSSR count). The van der Waals surface area contributed by atoms with Gasteiger partial charge in [0.1, 0.15) is 5.75 Å². The second-order valence-corrected chi connectivity index (χ2v) is 6.52. The molecule has 2 heterocycles. The number of carbonyl (C=O) groups is 1. The smallest absolute Gasteiger partial charge is 0.220 e. The lowest BCUT2D eigenvalue weighted by molar-refractivity contribution is -0.120. The van der Waals surface area contributed by atoms with Crippen molar-refractivity contribution < 1.29 is 14.3 Å². The molecule has 2 aromatic rings. The van der Waals surface area contributed by atoms with E-state index in [-0.39, 0.29) is 5.91 Å². The van der Waals surface area contributed by atoms with Gasteiger partial charge in [0.05, 0.1) is 32.2 Å². The summed E-state index contributed by atoms with van der Waals surface area (Å²) in [6, 6.07) is 9.75. The number of aromatic nitrogens is 2. The molecular weight excluding hydrogens is 358 g/mol. The molecule has 1 saturated heterocycles. The first kappa shape index (κ1) is 19.9. The largest absolute Gasteiger partial charge is 0.497 e. The van der Waals surface area contributed by atoms with Crippen molar-refractivity contribution in [3.8, 4) is 5.75 Å². The molecule has 1 aromatic carbocycles. The van der Waals surface area contributed by atoms with Gasteiger partial charge in [-0.2, -0.15) is 5.10 Å². The molecule has 0 aliphatic carbocycles. The number of hydrogen-bond donors (Lipinski definition) is 2. The number of benzene rings is 1. The Morgan fingerprint density at radius 2 is 2.00 bits per heavy atom. The Balaban J connectivity index is 1.35. The van der Waals surface area contributed by atoms with E-state index in [9.17, 15) is 4.79 Å². The van der Waals surface area contributed by atoms with Crippen LogP contribution >= 0.6 is 0 Å². The van der Waals surface area contributed by atoms with E-state index in [1.165, 1.54) is 0 Å². The summed E-state index contributed by atoms with van der Waals surface area (Å²) in [4.78, 5) is 14.2. The topological polar surface area (TPSA) is 88.6 Å². The Hall–Kier alpha value is -2.87. The van der Waals surface area contributed by atoms with Crippen LogP contribution in [0.2, 0.25) is 0 Å². The lowest BCUT2D eigenvalue weighted by atomic mass is 10.1. The minimum atomic E-state index is 0.0331. The van der Waals surface area contributed by atoms with Crippen molar-refractivity contribution in [1.29, 1.82) is 0 Å². The van der Waals surface area contributed by atoms with Crippen molar-refractivity contribution in [2.75, 3.05) is 56.7 Å². The molecule has 0 unspecified atom stereocenters. The molecule has 1 fully saturated rings. The Kier molecular flexibility index (Phi) is 7.43. The quantitative estimate of drug-likeness (QED) is 0.632. The number of methoxy groups -OCH3 is 1. The fourth-order valence-electron chi connectivity index (χ4n) is 2.97. The van der Waals surface area contributed by atoms with Gasteiger partial charge in [-0.25, -0.2) is 0 Å². The summed E-state index contributed by atoms with van der Waals surface area (Å²) in [5.41, 5.74) is 2.15. The van der Waals surface area contributed by atoms with E-state index in [1.54, 1.807) is 13.3 Å². The van der Waals surface area contributed by atoms with Crippen molar-refractivity contribution in [2.45, 2.75) is 12.8 Å². The minimum Gasteiger partial charge on any atom is -0.497 e. The van der Waals surface area contributed by atoms with Crippen LogP contribution in [0.1, 0.15) is 12.0 Å². The van der Waals surface area contributed by atoms with E-state index in [0.717, 1.165) is 43.3 Å². The van der Waals surface area contributed by atoms with Gasteiger partial charge in [0.2, 0.25) is 5.91 Å². The number of nitrogens with one attached hydrogen (secondary N) is 2. The third-order valence-electron chi connectivity index (χ3n) is 4.57. The van der Waals surface area contributed by atoms with Gasteiger partial charge in [-0.1, -0.05) is 12.1 Å². The molecule has 2 N–H and O–H groups in total. The zero-order valence-corrected chi connectivity index (χ0v) is 16.2. The van der Waals surface area contributed by atoms with Crippen LogP contribution < -0.4 is 20.3 Å². The van der Waals surface area contributed by atoms with E-state index >= 15 is 0 Å². The number of amides is 1. The van der Waals surface area contributed by atoms with E-state index in [0.29, 0.717) is 31.7 Å².